The zero-order valence-electron chi connectivity index (χ0n) is 16.6. The second-order valence-electron chi connectivity index (χ2n) is 8.31. The topological polar surface area (TPSA) is 69.7 Å². The van der Waals surface area contributed by atoms with Gasteiger partial charge in [-0.05, 0) is 42.7 Å². The summed E-state index contributed by atoms with van der Waals surface area (Å²) < 4.78 is 0. The van der Waals surface area contributed by atoms with Crippen LogP contribution in [0.5, 0.6) is 0 Å². The van der Waals surface area contributed by atoms with Crippen molar-refractivity contribution in [1.82, 2.24) is 15.1 Å². The molecule has 0 saturated carbocycles. The maximum atomic E-state index is 13.0. The third-order valence-corrected chi connectivity index (χ3v) is 5.73. The molecule has 2 atom stereocenters. The van der Waals surface area contributed by atoms with E-state index in [0.717, 1.165) is 23.3 Å². The van der Waals surface area contributed by atoms with Gasteiger partial charge in [0.15, 0.2) is 0 Å². The molecule has 3 rings (SSSR count). The minimum absolute atomic E-state index is 0.163. The van der Waals surface area contributed by atoms with Crippen molar-refractivity contribution in [2.75, 3.05) is 19.6 Å². The fourth-order valence-electron chi connectivity index (χ4n) is 3.89. The summed E-state index contributed by atoms with van der Waals surface area (Å²) in [5.41, 5.74) is 0.763. The van der Waals surface area contributed by atoms with E-state index in [0.29, 0.717) is 24.9 Å². The summed E-state index contributed by atoms with van der Waals surface area (Å²) in [5, 5.41) is 2.78. The molecule has 1 N–H and O–H groups in total. The minimum Gasteiger partial charge on any atom is -0.341 e. The van der Waals surface area contributed by atoms with Crippen LogP contribution in [-0.4, -0.2) is 47.3 Å². The molecule has 6 nitrogen and oxygen atoms in total. The zero-order chi connectivity index (χ0) is 19.8. The number of likely N-dealkylation sites (tertiary alicyclic amines) is 1. The van der Waals surface area contributed by atoms with Crippen molar-refractivity contribution in [3.8, 4) is 0 Å². The van der Waals surface area contributed by atoms with Gasteiger partial charge in [0.05, 0.1) is 0 Å². The number of urea groups is 1. The van der Waals surface area contributed by atoms with Crippen molar-refractivity contribution in [3.63, 3.8) is 0 Å². The Kier molecular flexibility index (Phi) is 5.27. The molecule has 2 saturated heterocycles. The molecule has 6 heteroatoms. The molecule has 0 bridgehead atoms. The van der Waals surface area contributed by atoms with Crippen LogP contribution in [0.2, 0.25) is 0 Å². The van der Waals surface area contributed by atoms with Gasteiger partial charge in [-0.3, -0.25) is 14.5 Å². The standard InChI is InChI=1S/C21H29N3O3/c1-14(2)16-7-9-17(10-8-16)21(4)19(26)24(20(27)22-21)13-18(25)23-11-5-6-15(3)12-23/h7-10,14-15H,5-6,11-13H2,1-4H3,(H,22,27)/t15-,21-/m1/s1. The van der Waals surface area contributed by atoms with Crippen molar-refractivity contribution in [2.45, 2.75) is 52.0 Å². The molecule has 2 heterocycles. The first-order chi connectivity index (χ1) is 12.7. The second kappa shape index (κ2) is 7.33. The molecule has 27 heavy (non-hydrogen) atoms. The third kappa shape index (κ3) is 3.70. The molecular weight excluding hydrogens is 342 g/mol. The molecule has 2 aliphatic rings. The van der Waals surface area contributed by atoms with Crippen LogP contribution in [0.3, 0.4) is 0 Å². The van der Waals surface area contributed by atoms with E-state index in [1.165, 1.54) is 5.56 Å². The van der Waals surface area contributed by atoms with E-state index in [2.05, 4.69) is 26.1 Å². The van der Waals surface area contributed by atoms with Crippen LogP contribution >= 0.6 is 0 Å². The van der Waals surface area contributed by atoms with Crippen LogP contribution in [0.15, 0.2) is 24.3 Å². The number of benzene rings is 1. The van der Waals surface area contributed by atoms with Gasteiger partial charge in [-0.15, -0.1) is 0 Å². The van der Waals surface area contributed by atoms with Gasteiger partial charge in [-0.25, -0.2) is 4.79 Å². The Morgan fingerprint density at radius 3 is 2.52 bits per heavy atom. The summed E-state index contributed by atoms with van der Waals surface area (Å²) in [6.45, 7) is 9.21. The Balaban J connectivity index is 1.74. The first kappa shape index (κ1) is 19.4. The predicted molar refractivity (Wildman–Crippen MR) is 103 cm³/mol. The number of piperidine rings is 1. The van der Waals surface area contributed by atoms with E-state index in [4.69, 9.17) is 0 Å². The quantitative estimate of drug-likeness (QED) is 0.828. The van der Waals surface area contributed by atoms with Crippen molar-refractivity contribution in [1.29, 1.82) is 0 Å². The largest absolute Gasteiger partial charge is 0.341 e. The molecule has 0 spiro atoms. The number of amides is 4. The van der Waals surface area contributed by atoms with E-state index in [1.54, 1.807) is 11.8 Å². The third-order valence-electron chi connectivity index (χ3n) is 5.73. The van der Waals surface area contributed by atoms with Crippen molar-refractivity contribution < 1.29 is 14.4 Å². The highest BCUT2D eigenvalue weighted by molar-refractivity contribution is 6.09. The van der Waals surface area contributed by atoms with Gasteiger partial charge in [-0.2, -0.15) is 0 Å². The summed E-state index contributed by atoms with van der Waals surface area (Å²) in [5.74, 6) is 0.310. The molecule has 1 aromatic carbocycles. The fraction of sp³-hybridized carbons (Fsp3) is 0.571. The van der Waals surface area contributed by atoms with E-state index >= 15 is 0 Å². The van der Waals surface area contributed by atoms with E-state index in [9.17, 15) is 14.4 Å². The number of rotatable bonds is 4. The average molecular weight is 371 g/mol. The van der Waals surface area contributed by atoms with Crippen LogP contribution in [0.1, 0.15) is 57.6 Å². The molecule has 0 unspecified atom stereocenters. The lowest BCUT2D eigenvalue weighted by Gasteiger charge is -2.31. The molecule has 2 fully saturated rings. The first-order valence-corrected chi connectivity index (χ1v) is 9.74. The van der Waals surface area contributed by atoms with Gasteiger partial charge in [0.25, 0.3) is 5.91 Å². The molecular formula is C21H29N3O3. The van der Waals surface area contributed by atoms with Gasteiger partial charge in [0.2, 0.25) is 5.91 Å². The van der Waals surface area contributed by atoms with Crippen LogP contribution in [0.25, 0.3) is 0 Å². The smallest absolute Gasteiger partial charge is 0.325 e. The monoisotopic (exact) mass is 371 g/mol. The number of hydrogen-bond donors (Lipinski definition) is 1. The molecule has 0 aliphatic carbocycles. The predicted octanol–water partition coefficient (Wildman–Crippen LogP) is 2.84. The number of nitrogens with zero attached hydrogens (tertiary/aromatic N) is 2. The number of carbonyl (C=O) groups excluding carboxylic acids is 3. The maximum absolute atomic E-state index is 13.0. The van der Waals surface area contributed by atoms with Gasteiger partial charge >= 0.3 is 6.03 Å². The SMILES string of the molecule is CC(C)c1ccc([C@@]2(C)NC(=O)N(CC(=O)N3CCC[C@@H](C)C3)C2=O)cc1. The molecule has 1 aromatic rings. The summed E-state index contributed by atoms with van der Waals surface area (Å²) in [6.07, 6.45) is 2.07. The summed E-state index contributed by atoms with van der Waals surface area (Å²) in [4.78, 5) is 40.9. The lowest BCUT2D eigenvalue weighted by molar-refractivity contribution is -0.139. The van der Waals surface area contributed by atoms with Gasteiger partial charge < -0.3 is 10.2 Å². The van der Waals surface area contributed by atoms with Gasteiger partial charge in [0, 0.05) is 13.1 Å². The summed E-state index contributed by atoms with van der Waals surface area (Å²) in [7, 11) is 0. The summed E-state index contributed by atoms with van der Waals surface area (Å²) >= 11 is 0. The lowest BCUT2D eigenvalue weighted by atomic mass is 9.90. The van der Waals surface area contributed by atoms with Crippen LogP contribution in [0, 0.1) is 5.92 Å². The Labute approximate surface area is 160 Å². The Bertz CT molecular complexity index is 744. The van der Waals surface area contributed by atoms with E-state index in [1.807, 2.05) is 24.3 Å². The number of hydrogen-bond acceptors (Lipinski definition) is 3. The second-order valence-corrected chi connectivity index (χ2v) is 8.31. The van der Waals surface area contributed by atoms with Crippen molar-refractivity contribution in [3.05, 3.63) is 35.4 Å². The number of carbonyl (C=O) groups is 3. The van der Waals surface area contributed by atoms with Crippen LogP contribution < -0.4 is 5.32 Å². The van der Waals surface area contributed by atoms with E-state index in [-0.39, 0.29) is 18.4 Å². The van der Waals surface area contributed by atoms with Crippen LogP contribution in [0.4, 0.5) is 4.79 Å². The zero-order valence-corrected chi connectivity index (χ0v) is 16.6. The highest BCUT2D eigenvalue weighted by Crippen LogP contribution is 2.30. The van der Waals surface area contributed by atoms with Crippen molar-refractivity contribution >= 4 is 17.8 Å². The Morgan fingerprint density at radius 2 is 1.93 bits per heavy atom. The Morgan fingerprint density at radius 1 is 1.26 bits per heavy atom. The lowest BCUT2D eigenvalue weighted by Crippen LogP contribution is -2.47. The van der Waals surface area contributed by atoms with Crippen LogP contribution in [-0.2, 0) is 15.1 Å². The molecule has 0 aromatic heterocycles. The molecule has 2 aliphatic heterocycles. The van der Waals surface area contributed by atoms with Gasteiger partial charge in [-0.1, -0.05) is 45.0 Å². The molecule has 0 radical (unpaired) electrons. The minimum atomic E-state index is -1.14. The van der Waals surface area contributed by atoms with Gasteiger partial charge in [0.1, 0.15) is 12.1 Å². The first-order valence-electron chi connectivity index (χ1n) is 9.74. The highest BCUT2D eigenvalue weighted by Gasteiger charge is 2.49. The maximum Gasteiger partial charge on any atom is 0.325 e. The summed E-state index contributed by atoms with van der Waals surface area (Å²) in [6, 6.07) is 7.21. The molecule has 4 amide bonds. The van der Waals surface area contributed by atoms with Crippen molar-refractivity contribution in [2.24, 2.45) is 5.92 Å². The number of nitrogens with one attached hydrogen (secondary N) is 1. The fourth-order valence-corrected chi connectivity index (χ4v) is 3.89. The van der Waals surface area contributed by atoms with E-state index < -0.39 is 11.6 Å². The highest BCUT2D eigenvalue weighted by atomic mass is 16.2. The molecule has 146 valence electrons. The number of imide groups is 1. The Hall–Kier alpha value is -2.37. The average Bonchev–Trinajstić information content (AvgIpc) is 2.86. The normalized spacial score (nSPS) is 25.9.